The van der Waals surface area contributed by atoms with E-state index >= 15 is 0 Å². The van der Waals surface area contributed by atoms with Crippen molar-refractivity contribution in [3.63, 3.8) is 0 Å². The van der Waals surface area contributed by atoms with Gasteiger partial charge >= 0.3 is 0 Å². The average molecular weight is 277 g/mol. The number of nitrogens with one attached hydrogen (secondary N) is 1. The van der Waals surface area contributed by atoms with Crippen LogP contribution < -0.4 is 4.72 Å². The first-order chi connectivity index (χ1) is 9.05. The van der Waals surface area contributed by atoms with Crippen molar-refractivity contribution in [2.75, 3.05) is 10.5 Å². The van der Waals surface area contributed by atoms with E-state index in [2.05, 4.69) is 4.72 Å². The topological polar surface area (TPSA) is 66.4 Å². The molecule has 0 spiro atoms. The maximum absolute atomic E-state index is 11.9. The molecule has 0 aliphatic rings. The van der Waals surface area contributed by atoms with Crippen LogP contribution in [-0.2, 0) is 16.4 Å². The summed E-state index contributed by atoms with van der Waals surface area (Å²) in [4.78, 5) is 0. The molecule has 0 saturated heterocycles. The van der Waals surface area contributed by atoms with Crippen molar-refractivity contribution in [1.29, 1.82) is 0 Å². The van der Waals surface area contributed by atoms with Crippen LogP contribution >= 0.6 is 0 Å². The minimum absolute atomic E-state index is 0.00662. The maximum atomic E-state index is 11.9. The van der Waals surface area contributed by atoms with Crippen LogP contribution in [-0.4, -0.2) is 19.3 Å². The van der Waals surface area contributed by atoms with Gasteiger partial charge in [-0.1, -0.05) is 36.4 Å². The molecule has 2 rings (SSSR count). The van der Waals surface area contributed by atoms with E-state index in [4.69, 9.17) is 0 Å². The van der Waals surface area contributed by atoms with E-state index in [1.165, 1.54) is 12.1 Å². The second-order valence-corrected chi connectivity index (χ2v) is 6.05. The van der Waals surface area contributed by atoms with Crippen molar-refractivity contribution in [3.8, 4) is 5.75 Å². The van der Waals surface area contributed by atoms with Crippen molar-refractivity contribution in [2.45, 2.75) is 6.42 Å². The molecule has 0 heterocycles. The van der Waals surface area contributed by atoms with E-state index < -0.39 is 10.0 Å². The van der Waals surface area contributed by atoms with Crippen LogP contribution in [0.2, 0.25) is 0 Å². The van der Waals surface area contributed by atoms with Crippen molar-refractivity contribution in [2.24, 2.45) is 0 Å². The van der Waals surface area contributed by atoms with Gasteiger partial charge in [0, 0.05) is 6.07 Å². The van der Waals surface area contributed by atoms with Gasteiger partial charge in [-0.25, -0.2) is 8.42 Å². The molecule has 0 bridgehead atoms. The van der Waals surface area contributed by atoms with Crippen LogP contribution in [0.5, 0.6) is 5.75 Å². The number of anilines is 1. The molecule has 0 radical (unpaired) electrons. The third kappa shape index (κ3) is 4.30. The summed E-state index contributed by atoms with van der Waals surface area (Å²) < 4.78 is 26.2. The zero-order valence-electron chi connectivity index (χ0n) is 10.3. The van der Waals surface area contributed by atoms with Crippen LogP contribution in [0.3, 0.4) is 0 Å². The standard InChI is InChI=1S/C14H15NO3S/c16-14-8-4-7-13(11-14)15-19(17,18)10-9-12-5-2-1-3-6-12/h1-8,11,15-16H,9-10H2. The molecule has 2 aromatic rings. The Morgan fingerprint density at radius 1 is 1.00 bits per heavy atom. The SMILES string of the molecule is O=S(=O)(CCc1ccccc1)Nc1cccc(O)c1. The minimum atomic E-state index is -3.41. The fourth-order valence-corrected chi connectivity index (χ4v) is 2.79. The molecular weight excluding hydrogens is 262 g/mol. The monoisotopic (exact) mass is 277 g/mol. The van der Waals surface area contributed by atoms with Gasteiger partial charge in [-0.15, -0.1) is 0 Å². The molecular formula is C14H15NO3S. The number of sulfonamides is 1. The lowest BCUT2D eigenvalue weighted by Crippen LogP contribution is -2.18. The minimum Gasteiger partial charge on any atom is -0.508 e. The fourth-order valence-electron chi connectivity index (χ4n) is 1.70. The van der Waals surface area contributed by atoms with Crippen molar-refractivity contribution in [3.05, 3.63) is 60.2 Å². The van der Waals surface area contributed by atoms with Crippen LogP contribution in [0.15, 0.2) is 54.6 Å². The number of rotatable bonds is 5. The number of aryl methyl sites for hydroxylation is 1. The lowest BCUT2D eigenvalue weighted by Gasteiger charge is -2.08. The molecule has 0 aromatic heterocycles. The molecule has 0 unspecified atom stereocenters. The third-order valence-electron chi connectivity index (χ3n) is 2.62. The highest BCUT2D eigenvalue weighted by Crippen LogP contribution is 2.17. The average Bonchev–Trinajstić information content (AvgIpc) is 2.37. The van der Waals surface area contributed by atoms with Gasteiger partial charge in [0.25, 0.3) is 0 Å². The Balaban J connectivity index is 1.99. The number of phenols is 1. The second kappa shape index (κ2) is 5.75. The molecule has 2 N–H and O–H groups in total. The lowest BCUT2D eigenvalue weighted by molar-refractivity contribution is 0.475. The summed E-state index contributed by atoms with van der Waals surface area (Å²) in [6, 6.07) is 15.5. The van der Waals surface area contributed by atoms with E-state index in [1.807, 2.05) is 30.3 Å². The summed E-state index contributed by atoms with van der Waals surface area (Å²) in [5.74, 6) is 0.0374. The van der Waals surface area contributed by atoms with Crippen molar-refractivity contribution >= 4 is 15.7 Å². The molecule has 0 aliphatic heterocycles. The Labute approximate surface area is 112 Å². The molecule has 19 heavy (non-hydrogen) atoms. The quantitative estimate of drug-likeness (QED) is 0.881. The van der Waals surface area contributed by atoms with E-state index in [-0.39, 0.29) is 11.5 Å². The highest BCUT2D eigenvalue weighted by atomic mass is 32.2. The fraction of sp³-hybridized carbons (Fsp3) is 0.143. The molecule has 0 amide bonds. The molecule has 0 atom stereocenters. The lowest BCUT2D eigenvalue weighted by atomic mass is 10.2. The second-order valence-electron chi connectivity index (χ2n) is 4.21. The van der Waals surface area contributed by atoms with Gasteiger partial charge in [-0.2, -0.15) is 0 Å². The molecule has 2 aromatic carbocycles. The number of hydrogen-bond donors (Lipinski definition) is 2. The van der Waals surface area contributed by atoms with Crippen molar-refractivity contribution < 1.29 is 13.5 Å². The zero-order chi connectivity index (χ0) is 13.7. The Bertz CT molecular complexity index is 639. The van der Waals surface area contributed by atoms with Gasteiger partial charge in [-0.3, -0.25) is 4.72 Å². The van der Waals surface area contributed by atoms with Crippen LogP contribution in [0.1, 0.15) is 5.56 Å². The normalized spacial score (nSPS) is 11.2. The first-order valence-electron chi connectivity index (χ1n) is 5.89. The highest BCUT2D eigenvalue weighted by Gasteiger charge is 2.10. The number of aromatic hydroxyl groups is 1. The first-order valence-corrected chi connectivity index (χ1v) is 7.54. The number of hydrogen-bond acceptors (Lipinski definition) is 3. The van der Waals surface area contributed by atoms with Crippen LogP contribution in [0, 0.1) is 0 Å². The summed E-state index contributed by atoms with van der Waals surface area (Å²) in [5.41, 5.74) is 1.34. The Morgan fingerprint density at radius 2 is 1.74 bits per heavy atom. The number of benzene rings is 2. The van der Waals surface area contributed by atoms with E-state index in [0.29, 0.717) is 12.1 Å². The third-order valence-corrected chi connectivity index (χ3v) is 3.91. The Kier molecular flexibility index (Phi) is 4.06. The zero-order valence-corrected chi connectivity index (χ0v) is 11.1. The number of phenolic OH excluding ortho intramolecular Hbond substituents is 1. The molecule has 5 heteroatoms. The molecule has 0 fully saturated rings. The summed E-state index contributed by atoms with van der Waals surface area (Å²) in [6.45, 7) is 0. The summed E-state index contributed by atoms with van der Waals surface area (Å²) >= 11 is 0. The Morgan fingerprint density at radius 3 is 2.42 bits per heavy atom. The summed E-state index contributed by atoms with van der Waals surface area (Å²) in [6.07, 6.45) is 0.453. The van der Waals surface area contributed by atoms with Crippen LogP contribution in [0.25, 0.3) is 0 Å². The van der Waals surface area contributed by atoms with Gasteiger partial charge in [0.15, 0.2) is 0 Å². The smallest absolute Gasteiger partial charge is 0.233 e. The Hall–Kier alpha value is -2.01. The van der Waals surface area contributed by atoms with Gasteiger partial charge < -0.3 is 5.11 Å². The summed E-state index contributed by atoms with van der Waals surface area (Å²) in [5, 5.41) is 9.28. The van der Waals surface area contributed by atoms with E-state index in [9.17, 15) is 13.5 Å². The predicted molar refractivity (Wildman–Crippen MR) is 75.7 cm³/mol. The van der Waals surface area contributed by atoms with E-state index in [0.717, 1.165) is 5.56 Å². The summed E-state index contributed by atoms with van der Waals surface area (Å²) in [7, 11) is -3.41. The van der Waals surface area contributed by atoms with E-state index in [1.54, 1.807) is 12.1 Å². The van der Waals surface area contributed by atoms with Gasteiger partial charge in [0.2, 0.25) is 10.0 Å². The molecule has 100 valence electrons. The van der Waals surface area contributed by atoms with Gasteiger partial charge in [0.1, 0.15) is 5.75 Å². The maximum Gasteiger partial charge on any atom is 0.233 e. The predicted octanol–water partition coefficient (Wildman–Crippen LogP) is 2.38. The molecule has 4 nitrogen and oxygen atoms in total. The molecule has 0 saturated carbocycles. The van der Waals surface area contributed by atoms with Gasteiger partial charge in [0.05, 0.1) is 11.4 Å². The first kappa shape index (κ1) is 13.4. The molecule has 0 aliphatic carbocycles. The highest BCUT2D eigenvalue weighted by molar-refractivity contribution is 7.92. The van der Waals surface area contributed by atoms with Crippen LogP contribution in [0.4, 0.5) is 5.69 Å². The van der Waals surface area contributed by atoms with Gasteiger partial charge in [-0.05, 0) is 24.1 Å². The largest absolute Gasteiger partial charge is 0.508 e. The van der Waals surface area contributed by atoms with Crippen molar-refractivity contribution in [1.82, 2.24) is 0 Å².